The van der Waals surface area contributed by atoms with E-state index in [4.69, 9.17) is 4.74 Å². The molecule has 3 aromatic rings. The number of nitrogens with zero attached hydrogens (tertiary/aromatic N) is 1. The van der Waals surface area contributed by atoms with Gasteiger partial charge < -0.3 is 14.7 Å². The van der Waals surface area contributed by atoms with Crippen LogP contribution in [0.15, 0.2) is 78.4 Å². The molecule has 5 nitrogen and oxygen atoms in total. The molecule has 0 unspecified atom stereocenters. The van der Waals surface area contributed by atoms with Crippen molar-refractivity contribution in [1.29, 1.82) is 0 Å². The van der Waals surface area contributed by atoms with Gasteiger partial charge in [0.2, 0.25) is 0 Å². The average molecular weight is 472 g/mol. The number of benzene rings is 3. The van der Waals surface area contributed by atoms with E-state index < -0.39 is 5.97 Å². The van der Waals surface area contributed by atoms with Gasteiger partial charge in [-0.25, -0.2) is 4.79 Å². The molecular formula is C30H33NO4. The Balaban J connectivity index is 1.89. The van der Waals surface area contributed by atoms with Crippen molar-refractivity contribution in [3.05, 3.63) is 95.1 Å². The SMILES string of the molecule is CCCCOc1cc(C=C(CC)C(=O)O)ccc1-c1cccc(CN(C)C(=O)c2ccccc2)c1. The third-order valence-electron chi connectivity index (χ3n) is 5.78. The van der Waals surface area contributed by atoms with Crippen LogP contribution in [0, 0.1) is 0 Å². The monoisotopic (exact) mass is 471 g/mol. The molecule has 0 saturated carbocycles. The summed E-state index contributed by atoms with van der Waals surface area (Å²) >= 11 is 0. The van der Waals surface area contributed by atoms with Gasteiger partial charge in [0.1, 0.15) is 5.75 Å². The number of carbonyl (C=O) groups is 2. The number of carboxylic acid groups (broad SMARTS) is 1. The fourth-order valence-corrected chi connectivity index (χ4v) is 3.81. The van der Waals surface area contributed by atoms with Gasteiger partial charge in [0.25, 0.3) is 5.91 Å². The zero-order valence-electron chi connectivity index (χ0n) is 20.7. The number of ether oxygens (including phenoxy) is 1. The molecule has 3 aromatic carbocycles. The van der Waals surface area contributed by atoms with Crippen molar-refractivity contribution in [3.8, 4) is 16.9 Å². The smallest absolute Gasteiger partial charge is 0.331 e. The van der Waals surface area contributed by atoms with Crippen molar-refractivity contribution in [1.82, 2.24) is 4.90 Å². The van der Waals surface area contributed by atoms with E-state index in [2.05, 4.69) is 13.0 Å². The normalized spacial score (nSPS) is 11.2. The minimum atomic E-state index is -0.910. The lowest BCUT2D eigenvalue weighted by Gasteiger charge is -2.18. The van der Waals surface area contributed by atoms with Crippen molar-refractivity contribution in [2.75, 3.05) is 13.7 Å². The van der Waals surface area contributed by atoms with Gasteiger partial charge in [-0.1, -0.05) is 68.8 Å². The number of amides is 1. The molecule has 3 rings (SSSR count). The van der Waals surface area contributed by atoms with Crippen LogP contribution in [0.4, 0.5) is 0 Å². The second kappa shape index (κ2) is 12.6. The van der Waals surface area contributed by atoms with Gasteiger partial charge in [-0.3, -0.25) is 4.79 Å². The number of hydrogen-bond acceptors (Lipinski definition) is 3. The van der Waals surface area contributed by atoms with E-state index in [-0.39, 0.29) is 5.91 Å². The first-order chi connectivity index (χ1) is 16.9. The molecule has 0 bridgehead atoms. The van der Waals surface area contributed by atoms with Crippen LogP contribution in [0.1, 0.15) is 54.6 Å². The average Bonchev–Trinajstić information content (AvgIpc) is 2.87. The number of rotatable bonds is 11. The molecule has 0 radical (unpaired) electrons. The van der Waals surface area contributed by atoms with Gasteiger partial charge in [0, 0.05) is 30.3 Å². The fourth-order valence-electron chi connectivity index (χ4n) is 3.81. The molecule has 182 valence electrons. The van der Waals surface area contributed by atoms with E-state index in [1.54, 1.807) is 18.0 Å². The number of carboxylic acids is 1. The summed E-state index contributed by atoms with van der Waals surface area (Å²) in [5.74, 6) is -0.216. The van der Waals surface area contributed by atoms with E-state index in [0.29, 0.717) is 30.7 Å². The largest absolute Gasteiger partial charge is 0.493 e. The van der Waals surface area contributed by atoms with E-state index >= 15 is 0 Å². The maximum Gasteiger partial charge on any atom is 0.331 e. The third kappa shape index (κ3) is 7.06. The lowest BCUT2D eigenvalue weighted by Crippen LogP contribution is -2.26. The first-order valence-electron chi connectivity index (χ1n) is 12.0. The van der Waals surface area contributed by atoms with Crippen LogP contribution in [0.25, 0.3) is 17.2 Å². The molecule has 0 aliphatic carbocycles. The van der Waals surface area contributed by atoms with E-state index in [0.717, 1.165) is 40.8 Å². The molecule has 0 aliphatic rings. The van der Waals surface area contributed by atoms with Crippen molar-refractivity contribution >= 4 is 18.0 Å². The van der Waals surface area contributed by atoms with E-state index in [9.17, 15) is 14.7 Å². The summed E-state index contributed by atoms with van der Waals surface area (Å²) in [4.78, 5) is 25.9. The minimum Gasteiger partial charge on any atom is -0.493 e. The van der Waals surface area contributed by atoms with Gasteiger partial charge in [-0.15, -0.1) is 0 Å². The molecule has 0 aliphatic heterocycles. The summed E-state index contributed by atoms with van der Waals surface area (Å²) in [6.07, 6.45) is 4.09. The van der Waals surface area contributed by atoms with Crippen LogP contribution in [0.5, 0.6) is 5.75 Å². The number of unbranched alkanes of at least 4 members (excludes halogenated alkanes) is 1. The number of hydrogen-bond donors (Lipinski definition) is 1. The summed E-state index contributed by atoms with van der Waals surface area (Å²) in [6.45, 7) is 5.01. The van der Waals surface area contributed by atoms with Crippen LogP contribution >= 0.6 is 0 Å². The van der Waals surface area contributed by atoms with Crippen LogP contribution in [-0.4, -0.2) is 35.5 Å². The van der Waals surface area contributed by atoms with E-state index in [1.807, 2.05) is 73.7 Å². The molecule has 1 amide bonds. The first-order valence-corrected chi connectivity index (χ1v) is 12.0. The predicted molar refractivity (Wildman–Crippen MR) is 140 cm³/mol. The molecule has 1 N–H and O–H groups in total. The first kappa shape index (κ1) is 25.8. The second-order valence-corrected chi connectivity index (χ2v) is 8.51. The Morgan fingerprint density at radius 2 is 1.74 bits per heavy atom. The third-order valence-corrected chi connectivity index (χ3v) is 5.78. The zero-order chi connectivity index (χ0) is 25.2. The van der Waals surface area contributed by atoms with Crippen molar-refractivity contribution in [2.45, 2.75) is 39.7 Å². The molecule has 0 atom stereocenters. The van der Waals surface area contributed by atoms with Crippen LogP contribution in [-0.2, 0) is 11.3 Å². The van der Waals surface area contributed by atoms with Gasteiger partial charge in [0.15, 0.2) is 0 Å². The van der Waals surface area contributed by atoms with Crippen LogP contribution in [0.2, 0.25) is 0 Å². The Labute approximate surface area is 207 Å². The summed E-state index contributed by atoms with van der Waals surface area (Å²) in [5, 5.41) is 9.40. The topological polar surface area (TPSA) is 66.8 Å². The highest BCUT2D eigenvalue weighted by molar-refractivity contribution is 5.94. The Morgan fingerprint density at radius 1 is 0.971 bits per heavy atom. The lowest BCUT2D eigenvalue weighted by molar-refractivity contribution is -0.132. The molecule has 0 heterocycles. The molecule has 5 heteroatoms. The van der Waals surface area contributed by atoms with Gasteiger partial charge in [-0.05, 0) is 59.9 Å². The van der Waals surface area contributed by atoms with Crippen LogP contribution < -0.4 is 4.74 Å². The highest BCUT2D eigenvalue weighted by Gasteiger charge is 2.14. The molecule has 0 spiro atoms. The fraction of sp³-hybridized carbons (Fsp3) is 0.267. The highest BCUT2D eigenvalue weighted by atomic mass is 16.5. The number of aliphatic carboxylic acids is 1. The van der Waals surface area contributed by atoms with Gasteiger partial charge >= 0.3 is 5.97 Å². The predicted octanol–water partition coefficient (Wildman–Crippen LogP) is 6.68. The maximum absolute atomic E-state index is 12.8. The minimum absolute atomic E-state index is 0.0270. The van der Waals surface area contributed by atoms with Crippen molar-refractivity contribution in [2.24, 2.45) is 0 Å². The standard InChI is InChI=1S/C30H33NO4/c1-4-6-17-35-28-20-22(18-24(5-2)30(33)34)15-16-27(28)26-14-10-11-23(19-26)21-31(3)29(32)25-12-8-7-9-13-25/h7-16,18-20H,4-6,17,21H2,1-3H3,(H,33,34). The molecular weight excluding hydrogens is 438 g/mol. The Hall–Kier alpha value is -3.86. The summed E-state index contributed by atoms with van der Waals surface area (Å²) < 4.78 is 6.12. The summed E-state index contributed by atoms with van der Waals surface area (Å²) in [7, 11) is 1.80. The van der Waals surface area contributed by atoms with E-state index in [1.165, 1.54) is 0 Å². The van der Waals surface area contributed by atoms with Gasteiger partial charge in [0.05, 0.1) is 6.61 Å². The van der Waals surface area contributed by atoms with Crippen molar-refractivity contribution < 1.29 is 19.4 Å². The molecule has 0 saturated heterocycles. The van der Waals surface area contributed by atoms with Crippen LogP contribution in [0.3, 0.4) is 0 Å². The molecule has 0 fully saturated rings. The highest BCUT2D eigenvalue weighted by Crippen LogP contribution is 2.33. The molecule has 35 heavy (non-hydrogen) atoms. The Bertz CT molecular complexity index is 1180. The maximum atomic E-state index is 12.8. The summed E-state index contributed by atoms with van der Waals surface area (Å²) in [5.41, 5.74) is 4.74. The number of carbonyl (C=O) groups excluding carboxylic acids is 1. The Morgan fingerprint density at radius 3 is 2.43 bits per heavy atom. The zero-order valence-corrected chi connectivity index (χ0v) is 20.7. The molecule has 0 aromatic heterocycles. The second-order valence-electron chi connectivity index (χ2n) is 8.51. The van der Waals surface area contributed by atoms with Gasteiger partial charge in [-0.2, -0.15) is 0 Å². The quantitative estimate of drug-likeness (QED) is 0.250. The Kier molecular flexibility index (Phi) is 9.24. The summed E-state index contributed by atoms with van der Waals surface area (Å²) in [6, 6.07) is 23.1. The van der Waals surface area contributed by atoms with Crippen molar-refractivity contribution in [3.63, 3.8) is 0 Å². The lowest BCUT2D eigenvalue weighted by atomic mass is 9.99.